The fraction of sp³-hybridized carbons (Fsp3) is 0.276. The second-order valence-corrected chi connectivity index (χ2v) is 11.5. The van der Waals surface area contributed by atoms with Crippen LogP contribution >= 0.6 is 34.8 Å². The number of nitrogens with one attached hydrogen (secondary N) is 2. The lowest BCUT2D eigenvalue weighted by Gasteiger charge is -2.24. The minimum absolute atomic E-state index is 0.0332. The van der Waals surface area contributed by atoms with Crippen molar-refractivity contribution < 1.29 is 23.9 Å². The molecule has 0 aromatic heterocycles. The molecule has 210 valence electrons. The molecule has 40 heavy (non-hydrogen) atoms. The van der Waals surface area contributed by atoms with Gasteiger partial charge in [0.05, 0.1) is 18.2 Å². The molecule has 1 heterocycles. The van der Waals surface area contributed by atoms with E-state index in [-0.39, 0.29) is 18.7 Å². The van der Waals surface area contributed by atoms with E-state index in [1.165, 1.54) is 4.90 Å². The van der Waals surface area contributed by atoms with Crippen LogP contribution in [0.25, 0.3) is 11.1 Å². The summed E-state index contributed by atoms with van der Waals surface area (Å²) >= 11 is 18.4. The standard InChI is InChI=1S/C29H28Cl3N3O5/c1-29(2,3)40-28(38)35-15-24(34-27(37)33-21-9-5-8-19(30)13-21)25(16-35)39-26(36)18-7-4-6-17(12-18)22-11-10-20(31)14-23(22)32/h4-14,24-25H,15-16H2,1-3H3,(H2,33,34,37)/t24-,25-/m0/s1. The fourth-order valence-electron chi connectivity index (χ4n) is 4.15. The monoisotopic (exact) mass is 603 g/mol. The number of carbonyl (C=O) groups excluding carboxylic acids is 3. The van der Waals surface area contributed by atoms with Gasteiger partial charge >= 0.3 is 18.1 Å². The molecule has 0 spiro atoms. The lowest BCUT2D eigenvalue weighted by Crippen LogP contribution is -2.46. The molecule has 3 amide bonds. The van der Waals surface area contributed by atoms with Crippen LogP contribution in [0.5, 0.6) is 0 Å². The Morgan fingerprint density at radius 1 is 0.900 bits per heavy atom. The quantitative estimate of drug-likeness (QED) is 0.298. The first-order chi connectivity index (χ1) is 18.9. The zero-order valence-corrected chi connectivity index (χ0v) is 24.3. The first kappa shape index (κ1) is 29.5. The summed E-state index contributed by atoms with van der Waals surface area (Å²) in [5, 5.41) is 6.90. The SMILES string of the molecule is CC(C)(C)OC(=O)N1C[C@H](NC(=O)Nc2cccc(Cl)c2)[C@@H](OC(=O)c2cccc(-c3ccc(Cl)cc3Cl)c2)C1. The topological polar surface area (TPSA) is 97.0 Å². The molecule has 3 aromatic carbocycles. The van der Waals surface area contributed by atoms with Crippen molar-refractivity contribution in [1.82, 2.24) is 10.2 Å². The predicted molar refractivity (Wildman–Crippen MR) is 156 cm³/mol. The maximum Gasteiger partial charge on any atom is 0.410 e. The normalized spacial score (nSPS) is 16.8. The molecule has 0 unspecified atom stereocenters. The number of hydrogen-bond donors (Lipinski definition) is 2. The molecule has 1 aliphatic rings. The molecule has 2 N–H and O–H groups in total. The molecule has 2 atom stereocenters. The summed E-state index contributed by atoms with van der Waals surface area (Å²) in [7, 11) is 0. The van der Waals surface area contributed by atoms with E-state index in [1.54, 1.807) is 81.4 Å². The van der Waals surface area contributed by atoms with Crippen LogP contribution in [-0.4, -0.2) is 53.8 Å². The Morgan fingerprint density at radius 2 is 1.62 bits per heavy atom. The third-order valence-corrected chi connectivity index (χ3v) is 6.70. The summed E-state index contributed by atoms with van der Waals surface area (Å²) < 4.78 is 11.3. The van der Waals surface area contributed by atoms with Gasteiger partial charge in [0.1, 0.15) is 11.7 Å². The van der Waals surface area contributed by atoms with E-state index in [9.17, 15) is 14.4 Å². The number of amides is 3. The highest BCUT2D eigenvalue weighted by atomic mass is 35.5. The van der Waals surface area contributed by atoms with E-state index in [4.69, 9.17) is 44.3 Å². The molecule has 0 bridgehead atoms. The number of benzene rings is 3. The van der Waals surface area contributed by atoms with Gasteiger partial charge < -0.3 is 25.0 Å². The maximum absolute atomic E-state index is 13.2. The second-order valence-electron chi connectivity index (χ2n) is 10.2. The number of rotatable bonds is 5. The average molecular weight is 605 g/mol. The molecule has 0 aliphatic carbocycles. The van der Waals surface area contributed by atoms with Crippen molar-refractivity contribution >= 4 is 58.6 Å². The number of urea groups is 1. The van der Waals surface area contributed by atoms with E-state index in [1.807, 2.05) is 6.07 Å². The molecule has 1 saturated heterocycles. The number of anilines is 1. The molecule has 1 aliphatic heterocycles. The van der Waals surface area contributed by atoms with Crippen LogP contribution in [-0.2, 0) is 9.47 Å². The van der Waals surface area contributed by atoms with Crippen molar-refractivity contribution in [3.63, 3.8) is 0 Å². The molecule has 0 radical (unpaired) electrons. The summed E-state index contributed by atoms with van der Waals surface area (Å²) in [6.07, 6.45) is -1.42. The van der Waals surface area contributed by atoms with Gasteiger partial charge in [-0.25, -0.2) is 14.4 Å². The minimum Gasteiger partial charge on any atom is -0.455 e. The number of likely N-dealkylation sites (tertiary alicyclic amines) is 1. The van der Waals surface area contributed by atoms with E-state index < -0.39 is 35.8 Å². The number of hydrogen-bond acceptors (Lipinski definition) is 5. The minimum atomic E-state index is -0.840. The van der Waals surface area contributed by atoms with Gasteiger partial charge in [-0.05, 0) is 68.8 Å². The second kappa shape index (κ2) is 12.4. The van der Waals surface area contributed by atoms with Gasteiger partial charge in [-0.1, -0.05) is 59.1 Å². The van der Waals surface area contributed by atoms with Gasteiger partial charge in [0, 0.05) is 32.9 Å². The number of halogens is 3. The number of esters is 1. The van der Waals surface area contributed by atoms with E-state index >= 15 is 0 Å². The molecule has 3 aromatic rings. The molecule has 4 rings (SSSR count). The number of ether oxygens (including phenoxy) is 2. The number of nitrogens with zero attached hydrogens (tertiary/aromatic N) is 1. The summed E-state index contributed by atoms with van der Waals surface area (Å²) in [5.74, 6) is -0.620. The van der Waals surface area contributed by atoms with Crippen LogP contribution < -0.4 is 10.6 Å². The lowest BCUT2D eigenvalue weighted by atomic mass is 10.0. The van der Waals surface area contributed by atoms with Crippen LogP contribution in [0, 0.1) is 0 Å². The van der Waals surface area contributed by atoms with Crippen LogP contribution in [0.3, 0.4) is 0 Å². The zero-order chi connectivity index (χ0) is 29.0. The van der Waals surface area contributed by atoms with Crippen LogP contribution in [0.15, 0.2) is 66.7 Å². The third kappa shape index (κ3) is 7.81. The highest BCUT2D eigenvalue weighted by molar-refractivity contribution is 6.36. The van der Waals surface area contributed by atoms with Crippen molar-refractivity contribution in [3.8, 4) is 11.1 Å². The van der Waals surface area contributed by atoms with E-state index in [0.717, 1.165) is 0 Å². The summed E-state index contributed by atoms with van der Waals surface area (Å²) in [6, 6.07) is 17.3. The molecular weight excluding hydrogens is 577 g/mol. The van der Waals surface area contributed by atoms with Crippen molar-refractivity contribution in [2.24, 2.45) is 0 Å². The van der Waals surface area contributed by atoms with Crippen molar-refractivity contribution in [1.29, 1.82) is 0 Å². The largest absolute Gasteiger partial charge is 0.455 e. The lowest BCUT2D eigenvalue weighted by molar-refractivity contribution is 0.0180. The Kier molecular flexibility index (Phi) is 9.13. The Hall–Kier alpha value is -3.46. The van der Waals surface area contributed by atoms with E-state index in [2.05, 4.69) is 10.6 Å². The molecular formula is C29H28Cl3N3O5. The van der Waals surface area contributed by atoms with Gasteiger partial charge in [-0.2, -0.15) is 0 Å². The molecule has 8 nitrogen and oxygen atoms in total. The summed E-state index contributed by atoms with van der Waals surface area (Å²) in [6.45, 7) is 5.38. The van der Waals surface area contributed by atoms with Gasteiger partial charge in [0.25, 0.3) is 0 Å². The Labute approximate surface area is 247 Å². The van der Waals surface area contributed by atoms with Gasteiger partial charge in [-0.3, -0.25) is 0 Å². The van der Waals surface area contributed by atoms with Crippen LogP contribution in [0.1, 0.15) is 31.1 Å². The van der Waals surface area contributed by atoms with Gasteiger partial charge in [-0.15, -0.1) is 0 Å². The van der Waals surface area contributed by atoms with E-state index in [0.29, 0.717) is 31.9 Å². The first-order valence-corrected chi connectivity index (χ1v) is 13.6. The van der Waals surface area contributed by atoms with Crippen molar-refractivity contribution in [2.45, 2.75) is 38.5 Å². The maximum atomic E-state index is 13.2. The molecule has 1 fully saturated rings. The number of carbonyl (C=O) groups is 3. The summed E-state index contributed by atoms with van der Waals surface area (Å²) in [4.78, 5) is 40.2. The highest BCUT2D eigenvalue weighted by Crippen LogP contribution is 2.31. The highest BCUT2D eigenvalue weighted by Gasteiger charge is 2.40. The Balaban J connectivity index is 1.51. The fourth-order valence-corrected chi connectivity index (χ4v) is 4.86. The first-order valence-electron chi connectivity index (χ1n) is 12.5. The van der Waals surface area contributed by atoms with Crippen LogP contribution in [0.4, 0.5) is 15.3 Å². The van der Waals surface area contributed by atoms with Crippen molar-refractivity contribution in [2.75, 3.05) is 18.4 Å². The Morgan fingerprint density at radius 3 is 2.33 bits per heavy atom. The van der Waals surface area contributed by atoms with Gasteiger partial charge in [0.15, 0.2) is 0 Å². The molecule has 0 saturated carbocycles. The Bertz CT molecular complexity index is 1430. The molecule has 11 heteroatoms. The van der Waals surface area contributed by atoms with Gasteiger partial charge in [0.2, 0.25) is 0 Å². The van der Waals surface area contributed by atoms with Crippen molar-refractivity contribution in [3.05, 3.63) is 87.4 Å². The smallest absolute Gasteiger partial charge is 0.410 e. The van der Waals surface area contributed by atoms with Crippen LogP contribution in [0.2, 0.25) is 15.1 Å². The summed E-state index contributed by atoms with van der Waals surface area (Å²) in [5.41, 5.74) is 1.45. The average Bonchev–Trinajstić information content (AvgIpc) is 3.25. The predicted octanol–water partition coefficient (Wildman–Crippen LogP) is 7.28. The zero-order valence-electron chi connectivity index (χ0n) is 22.0. The third-order valence-electron chi connectivity index (χ3n) is 5.92.